The average molecular weight is 480 g/mol. The lowest BCUT2D eigenvalue weighted by Crippen LogP contribution is -2.37. The van der Waals surface area contributed by atoms with Crippen molar-refractivity contribution in [1.29, 1.82) is 0 Å². The molecule has 0 bridgehead atoms. The predicted octanol–water partition coefficient (Wildman–Crippen LogP) is -0.805. The molecule has 0 aromatic carbocycles. The fourth-order valence-electron chi connectivity index (χ4n) is 1.74. The van der Waals surface area contributed by atoms with Crippen LogP contribution in [0.1, 0.15) is 6.23 Å². The summed E-state index contributed by atoms with van der Waals surface area (Å²) in [6.07, 6.45) is -1.04. The maximum Gasteiger partial charge on any atom is 0.330 e. The Balaban J connectivity index is 2.42. The van der Waals surface area contributed by atoms with Crippen LogP contribution >= 0.6 is 45.2 Å². The molecule has 0 saturated carbocycles. The van der Waals surface area contributed by atoms with E-state index in [9.17, 15) is 14.7 Å². The van der Waals surface area contributed by atoms with E-state index in [1.54, 1.807) is 22.6 Å². The SMILES string of the molecule is O=c1[nH]c(=O)n([C@H]2O[C@@H](CO)C(I)C2O)cc1I. The van der Waals surface area contributed by atoms with E-state index in [0.29, 0.717) is 3.57 Å². The van der Waals surface area contributed by atoms with Crippen LogP contribution < -0.4 is 11.2 Å². The highest BCUT2D eigenvalue weighted by Crippen LogP contribution is 2.33. The number of aromatic amines is 1. The molecule has 3 N–H and O–H groups in total. The minimum atomic E-state index is -0.929. The molecular formula is C9H10I2N2O5. The predicted molar refractivity (Wildman–Crippen MR) is 78.9 cm³/mol. The molecule has 1 saturated heterocycles. The molecule has 1 fully saturated rings. The number of rotatable bonds is 2. The third-order valence-corrected chi connectivity index (χ3v) is 4.97. The van der Waals surface area contributed by atoms with Crippen LogP contribution in [0.5, 0.6) is 0 Å². The summed E-state index contributed by atoms with van der Waals surface area (Å²) in [6.45, 7) is -0.240. The van der Waals surface area contributed by atoms with Crippen LogP contribution in [-0.4, -0.2) is 42.5 Å². The Morgan fingerprint density at radius 3 is 2.72 bits per heavy atom. The second-order valence-electron chi connectivity index (χ2n) is 3.83. The molecule has 18 heavy (non-hydrogen) atoms. The second-order valence-corrected chi connectivity index (χ2v) is 6.43. The molecule has 1 aliphatic heterocycles. The van der Waals surface area contributed by atoms with E-state index in [1.807, 2.05) is 22.6 Å². The first-order valence-corrected chi connectivity index (χ1v) is 7.37. The highest BCUT2D eigenvalue weighted by molar-refractivity contribution is 14.1. The van der Waals surface area contributed by atoms with Gasteiger partial charge in [-0.25, -0.2) is 4.79 Å². The van der Waals surface area contributed by atoms with Crippen molar-refractivity contribution in [2.45, 2.75) is 22.4 Å². The van der Waals surface area contributed by atoms with Gasteiger partial charge < -0.3 is 14.9 Å². The van der Waals surface area contributed by atoms with Gasteiger partial charge in [-0.3, -0.25) is 14.3 Å². The van der Waals surface area contributed by atoms with Crippen LogP contribution in [0.15, 0.2) is 15.8 Å². The van der Waals surface area contributed by atoms with Crippen molar-refractivity contribution >= 4 is 45.2 Å². The Morgan fingerprint density at radius 1 is 1.50 bits per heavy atom. The molecule has 1 aromatic heterocycles. The van der Waals surface area contributed by atoms with E-state index in [0.717, 1.165) is 4.57 Å². The van der Waals surface area contributed by atoms with Gasteiger partial charge in [-0.05, 0) is 22.6 Å². The summed E-state index contributed by atoms with van der Waals surface area (Å²) in [4.78, 5) is 25.1. The van der Waals surface area contributed by atoms with E-state index >= 15 is 0 Å². The van der Waals surface area contributed by atoms with Crippen LogP contribution in [0.4, 0.5) is 0 Å². The maximum atomic E-state index is 11.7. The molecule has 2 heterocycles. The number of nitrogens with zero attached hydrogens (tertiary/aromatic N) is 1. The summed E-state index contributed by atoms with van der Waals surface area (Å²) in [5, 5.41) is 19.1. The molecule has 1 aliphatic rings. The number of ether oxygens (including phenoxy) is 1. The first-order valence-electron chi connectivity index (χ1n) is 5.05. The van der Waals surface area contributed by atoms with Gasteiger partial charge in [-0.15, -0.1) is 0 Å². The van der Waals surface area contributed by atoms with Crippen molar-refractivity contribution in [3.8, 4) is 0 Å². The molecule has 9 heteroatoms. The number of nitrogens with one attached hydrogen (secondary N) is 1. The summed E-state index contributed by atoms with van der Waals surface area (Å²) in [6, 6.07) is 0. The number of aliphatic hydroxyl groups is 2. The first-order chi connectivity index (χ1) is 8.45. The summed E-state index contributed by atoms with van der Waals surface area (Å²) in [7, 11) is 0. The lowest BCUT2D eigenvalue weighted by Gasteiger charge is -2.17. The van der Waals surface area contributed by atoms with Crippen molar-refractivity contribution in [2.75, 3.05) is 6.61 Å². The van der Waals surface area contributed by atoms with Crippen molar-refractivity contribution in [3.05, 3.63) is 30.6 Å². The number of alkyl halides is 1. The number of hydrogen-bond acceptors (Lipinski definition) is 5. The monoisotopic (exact) mass is 480 g/mol. The van der Waals surface area contributed by atoms with Crippen molar-refractivity contribution in [1.82, 2.24) is 9.55 Å². The molecule has 0 spiro atoms. The molecule has 0 amide bonds. The summed E-state index contributed by atoms with van der Waals surface area (Å²) in [5.74, 6) is 0. The third kappa shape index (κ3) is 2.50. The number of hydrogen-bond donors (Lipinski definition) is 3. The normalized spacial score (nSPS) is 31.8. The van der Waals surface area contributed by atoms with Gasteiger partial charge in [0.15, 0.2) is 6.23 Å². The van der Waals surface area contributed by atoms with Gasteiger partial charge in [0.25, 0.3) is 5.56 Å². The van der Waals surface area contributed by atoms with E-state index in [-0.39, 0.29) is 10.5 Å². The lowest BCUT2D eigenvalue weighted by atomic mass is 10.2. The van der Waals surface area contributed by atoms with Gasteiger partial charge in [0.05, 0.1) is 20.2 Å². The van der Waals surface area contributed by atoms with Gasteiger partial charge in [0.2, 0.25) is 0 Å². The fraction of sp³-hybridized carbons (Fsp3) is 0.556. The van der Waals surface area contributed by atoms with Crippen LogP contribution in [0.3, 0.4) is 0 Å². The standard InChI is InChI=1S/C9H10I2N2O5/c10-3-1-13(9(17)12-7(3)16)8-6(15)5(11)4(2-14)18-8/h1,4-6,8,14-15H,2H2,(H,12,16,17)/t4-,5?,6?,8-/m0/s1. The van der Waals surface area contributed by atoms with Gasteiger partial charge in [-0.1, -0.05) is 22.6 Å². The third-order valence-electron chi connectivity index (χ3n) is 2.67. The summed E-state index contributed by atoms with van der Waals surface area (Å²) in [5.41, 5.74) is -1.12. The topological polar surface area (TPSA) is 105 Å². The van der Waals surface area contributed by atoms with Crippen molar-refractivity contribution < 1.29 is 14.9 Å². The second kappa shape index (κ2) is 5.56. The Morgan fingerprint density at radius 2 is 2.17 bits per heavy atom. The van der Waals surface area contributed by atoms with Gasteiger partial charge in [-0.2, -0.15) is 0 Å². The van der Waals surface area contributed by atoms with E-state index in [1.165, 1.54) is 6.20 Å². The molecule has 2 unspecified atom stereocenters. The largest absolute Gasteiger partial charge is 0.394 e. The Hall–Kier alpha value is 0.0200. The minimum Gasteiger partial charge on any atom is -0.394 e. The number of aliphatic hydroxyl groups excluding tert-OH is 2. The Bertz CT molecular complexity index is 557. The highest BCUT2D eigenvalue weighted by atomic mass is 127. The van der Waals surface area contributed by atoms with E-state index in [2.05, 4.69) is 4.98 Å². The van der Waals surface area contributed by atoms with Gasteiger partial charge >= 0.3 is 5.69 Å². The lowest BCUT2D eigenvalue weighted by molar-refractivity contribution is -0.0531. The summed E-state index contributed by atoms with van der Waals surface area (Å²) >= 11 is 3.75. The van der Waals surface area contributed by atoms with Crippen LogP contribution in [0, 0.1) is 3.57 Å². The molecule has 7 nitrogen and oxygen atoms in total. The van der Waals surface area contributed by atoms with Gasteiger partial charge in [0, 0.05) is 6.20 Å². The zero-order valence-electron chi connectivity index (χ0n) is 8.92. The quantitative estimate of drug-likeness (QED) is 0.380. The van der Waals surface area contributed by atoms with Crippen LogP contribution in [0.25, 0.3) is 0 Å². The van der Waals surface area contributed by atoms with Gasteiger partial charge in [0.1, 0.15) is 6.10 Å². The molecule has 1 aromatic rings. The minimum absolute atomic E-state index is 0.240. The number of H-pyrrole nitrogens is 1. The zero-order chi connectivity index (χ0) is 13.4. The van der Waals surface area contributed by atoms with Crippen molar-refractivity contribution in [2.24, 2.45) is 0 Å². The van der Waals surface area contributed by atoms with Crippen molar-refractivity contribution in [3.63, 3.8) is 0 Å². The van der Waals surface area contributed by atoms with E-state index in [4.69, 9.17) is 9.84 Å². The number of halogens is 2. The first kappa shape index (κ1) is 14.4. The fourth-order valence-corrected chi connectivity index (χ4v) is 2.92. The van der Waals surface area contributed by atoms with Crippen LogP contribution in [-0.2, 0) is 4.74 Å². The van der Waals surface area contributed by atoms with E-state index < -0.39 is 29.7 Å². The molecule has 2 rings (SSSR count). The highest BCUT2D eigenvalue weighted by Gasteiger charge is 2.43. The Kier molecular flexibility index (Phi) is 4.46. The number of aromatic nitrogens is 2. The summed E-state index contributed by atoms with van der Waals surface area (Å²) < 4.78 is 6.56. The van der Waals surface area contributed by atoms with Crippen LogP contribution in [0.2, 0.25) is 0 Å². The average Bonchev–Trinajstić information content (AvgIpc) is 2.61. The molecule has 0 radical (unpaired) electrons. The molecule has 0 aliphatic carbocycles. The zero-order valence-corrected chi connectivity index (χ0v) is 13.2. The Labute approximate surface area is 128 Å². The molecule has 4 atom stereocenters. The smallest absolute Gasteiger partial charge is 0.330 e. The molecule has 100 valence electrons. The molecular weight excluding hydrogens is 470 g/mol. The maximum absolute atomic E-state index is 11.7.